The Balaban J connectivity index is 1.49. The summed E-state index contributed by atoms with van der Waals surface area (Å²) in [4.78, 5) is 49.1. The van der Waals surface area contributed by atoms with Gasteiger partial charge < -0.3 is 5.32 Å². The molecule has 2 heterocycles. The van der Waals surface area contributed by atoms with E-state index in [9.17, 15) is 24.0 Å². The predicted molar refractivity (Wildman–Crippen MR) is 146 cm³/mol. The molecule has 1 aromatic heterocycles. The number of hydrogen-bond acceptors (Lipinski definition) is 5. The maximum Gasteiger partial charge on any atom is 0.251 e. The first kappa shape index (κ1) is 25.7. The van der Waals surface area contributed by atoms with Crippen molar-refractivity contribution in [3.05, 3.63) is 89.4 Å². The molecule has 2 atom stereocenters. The van der Waals surface area contributed by atoms with Crippen LogP contribution in [-0.2, 0) is 26.3 Å². The molecule has 3 aliphatic rings. The van der Waals surface area contributed by atoms with Gasteiger partial charge in [0, 0.05) is 24.8 Å². The van der Waals surface area contributed by atoms with Crippen LogP contribution >= 0.6 is 0 Å². The molecule has 0 bridgehead atoms. The van der Waals surface area contributed by atoms with Gasteiger partial charge in [-0.05, 0) is 79.5 Å². The van der Waals surface area contributed by atoms with Gasteiger partial charge in [0.1, 0.15) is 17.7 Å². The molecule has 2 aromatic carbocycles. The molecule has 1 aliphatic heterocycles. The first-order valence-electron chi connectivity index (χ1n) is 13.6. The van der Waals surface area contributed by atoms with Crippen molar-refractivity contribution in [1.29, 1.82) is 5.26 Å². The quantitative estimate of drug-likeness (QED) is 0.491. The Morgan fingerprint density at radius 3 is 2.70 bits per heavy atom. The van der Waals surface area contributed by atoms with E-state index in [1.54, 1.807) is 6.07 Å². The average molecular weight is 538 g/mol. The van der Waals surface area contributed by atoms with Gasteiger partial charge in [-0.25, -0.2) is 9.37 Å². The number of nitrogens with one attached hydrogen (secondary N) is 1. The number of nitrogens with zero attached hydrogens (tertiary/aromatic N) is 4. The van der Waals surface area contributed by atoms with Crippen molar-refractivity contribution in [3.63, 3.8) is 0 Å². The number of rotatable bonds is 7. The summed E-state index contributed by atoms with van der Waals surface area (Å²) >= 11 is 0. The van der Waals surface area contributed by atoms with Crippen LogP contribution in [0.25, 0.3) is 0 Å². The van der Waals surface area contributed by atoms with E-state index in [0.717, 1.165) is 18.4 Å². The lowest BCUT2D eigenvalue weighted by molar-refractivity contribution is -0.131. The molecule has 2 fully saturated rings. The highest BCUT2D eigenvalue weighted by Crippen LogP contribution is 2.46. The summed E-state index contributed by atoms with van der Waals surface area (Å²) in [5.41, 5.74) is 0.748. The summed E-state index contributed by atoms with van der Waals surface area (Å²) in [5, 5.41) is 12.5. The fourth-order valence-corrected chi connectivity index (χ4v) is 5.99. The minimum absolute atomic E-state index is 0.101. The molecule has 2 aliphatic carbocycles. The number of pyridine rings is 1. The molecular formula is C31H28FN5O3. The lowest BCUT2D eigenvalue weighted by Gasteiger charge is -2.43. The molecule has 40 heavy (non-hydrogen) atoms. The normalized spacial score (nSPS) is 21.6. The number of fused-ring (bicyclic) bond motifs is 1. The first-order chi connectivity index (χ1) is 19.4. The Morgan fingerprint density at radius 1 is 1.10 bits per heavy atom. The zero-order valence-electron chi connectivity index (χ0n) is 21.8. The van der Waals surface area contributed by atoms with Crippen LogP contribution < -0.4 is 15.1 Å². The molecule has 9 heteroatoms. The highest BCUT2D eigenvalue weighted by molar-refractivity contribution is 6.12. The summed E-state index contributed by atoms with van der Waals surface area (Å²) < 4.78 is 14.7. The largest absolute Gasteiger partial charge is 0.353 e. The molecule has 3 amide bonds. The first-order valence-corrected chi connectivity index (χ1v) is 13.6. The van der Waals surface area contributed by atoms with Gasteiger partial charge in [-0.3, -0.25) is 24.2 Å². The van der Waals surface area contributed by atoms with Crippen LogP contribution in [0.3, 0.4) is 0 Å². The molecule has 8 nitrogen and oxygen atoms in total. The summed E-state index contributed by atoms with van der Waals surface area (Å²) in [7, 11) is 0. The number of aryl methyl sites for hydroxylation is 1. The monoisotopic (exact) mass is 537 g/mol. The molecule has 202 valence electrons. The predicted octanol–water partition coefficient (Wildman–Crippen LogP) is 3.99. The van der Waals surface area contributed by atoms with Crippen molar-refractivity contribution in [2.45, 2.75) is 50.1 Å². The van der Waals surface area contributed by atoms with Gasteiger partial charge in [0.25, 0.3) is 11.8 Å². The van der Waals surface area contributed by atoms with Crippen molar-refractivity contribution < 1.29 is 18.8 Å². The smallest absolute Gasteiger partial charge is 0.251 e. The Labute approximate surface area is 231 Å². The minimum Gasteiger partial charge on any atom is -0.353 e. The fraction of sp³-hybridized carbons (Fsp3) is 0.323. The number of amides is 3. The third-order valence-electron chi connectivity index (χ3n) is 8.13. The van der Waals surface area contributed by atoms with Gasteiger partial charge in [-0.15, -0.1) is 0 Å². The van der Waals surface area contributed by atoms with Crippen molar-refractivity contribution in [1.82, 2.24) is 10.3 Å². The van der Waals surface area contributed by atoms with E-state index in [1.807, 2.05) is 30.3 Å². The van der Waals surface area contributed by atoms with E-state index in [-0.39, 0.29) is 36.2 Å². The molecular weight excluding hydrogens is 509 g/mol. The number of benzene rings is 2. The molecule has 1 saturated carbocycles. The second-order valence-corrected chi connectivity index (χ2v) is 10.7. The Bertz CT molecular complexity index is 1550. The van der Waals surface area contributed by atoms with Crippen molar-refractivity contribution in [3.8, 4) is 6.07 Å². The summed E-state index contributed by atoms with van der Waals surface area (Å²) in [6.45, 7) is 0.507. The molecule has 1 N–H and O–H groups in total. The van der Waals surface area contributed by atoms with Gasteiger partial charge in [0.2, 0.25) is 5.91 Å². The van der Waals surface area contributed by atoms with Crippen LogP contribution in [0.5, 0.6) is 0 Å². The number of carbonyl (C=O) groups is 3. The SMILES string of the molecule is N#Cc1ccnc(N2C(=O)CC[C@H]2C(=O)N(c2cccc(F)c2)[C@@]2(C(=O)NCC3CC3)CCc3ccccc32)c1. The summed E-state index contributed by atoms with van der Waals surface area (Å²) in [6, 6.07) is 17.3. The number of hydrogen-bond donors (Lipinski definition) is 1. The van der Waals surface area contributed by atoms with Crippen LogP contribution in [-0.4, -0.2) is 35.3 Å². The molecule has 0 spiro atoms. The highest BCUT2D eigenvalue weighted by Gasteiger charge is 2.55. The maximum atomic E-state index is 14.7. The minimum atomic E-state index is -1.43. The fourth-order valence-electron chi connectivity index (χ4n) is 5.99. The van der Waals surface area contributed by atoms with E-state index >= 15 is 0 Å². The third kappa shape index (κ3) is 4.39. The van der Waals surface area contributed by atoms with Gasteiger partial charge in [-0.1, -0.05) is 30.3 Å². The zero-order chi connectivity index (χ0) is 27.9. The van der Waals surface area contributed by atoms with Crippen molar-refractivity contribution in [2.75, 3.05) is 16.3 Å². The van der Waals surface area contributed by atoms with E-state index in [0.29, 0.717) is 36.4 Å². The molecule has 0 unspecified atom stereocenters. The third-order valence-corrected chi connectivity index (χ3v) is 8.13. The van der Waals surface area contributed by atoms with E-state index in [1.165, 1.54) is 46.3 Å². The van der Waals surface area contributed by atoms with Gasteiger partial charge in [-0.2, -0.15) is 5.26 Å². The summed E-state index contributed by atoms with van der Waals surface area (Å²) in [6.07, 6.45) is 4.69. The number of aromatic nitrogens is 1. The topological polar surface area (TPSA) is 106 Å². The Kier molecular flexibility index (Phi) is 6.54. The Hall–Kier alpha value is -4.58. The number of halogens is 1. The number of anilines is 2. The van der Waals surface area contributed by atoms with Crippen LogP contribution in [0.4, 0.5) is 15.9 Å². The van der Waals surface area contributed by atoms with E-state index in [4.69, 9.17) is 0 Å². The number of carbonyl (C=O) groups excluding carboxylic acids is 3. The second-order valence-electron chi connectivity index (χ2n) is 10.7. The molecule has 6 rings (SSSR count). The van der Waals surface area contributed by atoms with E-state index < -0.39 is 23.3 Å². The lowest BCUT2D eigenvalue weighted by Crippen LogP contribution is -2.61. The standard InChI is InChI=1S/C31H28FN5O3/c32-23-5-3-6-24(17-23)37(29(39)26-10-11-28(38)36(26)27-16-21(18-33)13-15-34-27)31(30(40)35-19-20-8-9-20)14-12-22-4-1-2-7-25(22)31/h1-7,13,15-17,20,26H,8-12,14,19H2,(H,35,40)/t26-,31-/m0/s1. The van der Waals surface area contributed by atoms with Gasteiger partial charge >= 0.3 is 0 Å². The van der Waals surface area contributed by atoms with Crippen LogP contribution in [0.2, 0.25) is 0 Å². The second kappa shape index (κ2) is 10.2. The summed E-state index contributed by atoms with van der Waals surface area (Å²) in [5.74, 6) is -1.06. The lowest BCUT2D eigenvalue weighted by atomic mass is 9.86. The van der Waals surface area contributed by atoms with Crippen LogP contribution in [0, 0.1) is 23.1 Å². The highest BCUT2D eigenvalue weighted by atomic mass is 19.1. The number of nitriles is 1. The zero-order valence-corrected chi connectivity index (χ0v) is 21.8. The Morgan fingerprint density at radius 2 is 1.93 bits per heavy atom. The average Bonchev–Trinajstić information content (AvgIpc) is 3.61. The van der Waals surface area contributed by atoms with Gasteiger partial charge in [0.05, 0.1) is 11.6 Å². The van der Waals surface area contributed by atoms with Gasteiger partial charge in [0.15, 0.2) is 5.54 Å². The molecule has 0 radical (unpaired) electrons. The van der Waals surface area contributed by atoms with Crippen LogP contribution in [0.15, 0.2) is 66.9 Å². The van der Waals surface area contributed by atoms with Crippen LogP contribution in [0.1, 0.15) is 48.8 Å². The molecule has 1 saturated heterocycles. The van der Waals surface area contributed by atoms with E-state index in [2.05, 4.69) is 10.3 Å². The maximum absolute atomic E-state index is 14.7. The van der Waals surface area contributed by atoms with Crippen molar-refractivity contribution >= 4 is 29.2 Å². The molecule has 3 aromatic rings. The van der Waals surface area contributed by atoms with Crippen molar-refractivity contribution in [2.24, 2.45) is 5.92 Å².